The van der Waals surface area contributed by atoms with Gasteiger partial charge < -0.3 is 5.73 Å². The summed E-state index contributed by atoms with van der Waals surface area (Å²) in [5.74, 6) is 0. The van der Waals surface area contributed by atoms with Crippen LogP contribution in [0.25, 0.3) is 0 Å². The first-order chi connectivity index (χ1) is 6.62. The molecule has 0 radical (unpaired) electrons. The quantitative estimate of drug-likeness (QED) is 0.828. The maximum Gasteiger partial charge on any atom is 0.151 e. The molecule has 0 aromatic carbocycles. The Kier molecular flexibility index (Phi) is 2.19. The summed E-state index contributed by atoms with van der Waals surface area (Å²) in [7, 11) is 0. The van der Waals surface area contributed by atoms with Gasteiger partial charge in [-0.1, -0.05) is 6.08 Å². The number of allylic oxidation sites excluding steroid dienone is 1. The standard InChI is InChI=1S/C9H11BrN4/c1-9(3-2-4-12-6-9)14-5-7(11)8(10)13-14/h2-5H,6,11H2,1H3. The molecular weight excluding hydrogens is 244 g/mol. The van der Waals surface area contributed by atoms with E-state index in [1.165, 1.54) is 0 Å². The van der Waals surface area contributed by atoms with Crippen LogP contribution in [-0.2, 0) is 5.54 Å². The Bertz CT molecular complexity index is 387. The number of nitrogen functional groups attached to an aromatic ring is 1. The molecule has 1 unspecified atom stereocenters. The van der Waals surface area contributed by atoms with Crippen LogP contribution in [0.2, 0.25) is 0 Å². The van der Waals surface area contributed by atoms with Gasteiger partial charge in [0.15, 0.2) is 4.60 Å². The molecule has 0 saturated heterocycles. The molecule has 1 aliphatic rings. The maximum absolute atomic E-state index is 5.71. The fraction of sp³-hybridized carbons (Fsp3) is 0.333. The van der Waals surface area contributed by atoms with Crippen LogP contribution in [-0.4, -0.2) is 22.5 Å². The fourth-order valence-electron chi connectivity index (χ4n) is 1.38. The summed E-state index contributed by atoms with van der Waals surface area (Å²) in [5, 5.41) is 4.29. The number of hydrogen-bond donors (Lipinski definition) is 1. The Hall–Kier alpha value is -1.10. The van der Waals surface area contributed by atoms with Crippen LogP contribution in [0, 0.1) is 0 Å². The minimum absolute atomic E-state index is 0.200. The normalized spacial score (nSPS) is 25.6. The van der Waals surface area contributed by atoms with Crippen LogP contribution in [0.15, 0.2) is 27.9 Å². The van der Waals surface area contributed by atoms with Gasteiger partial charge in [0.05, 0.1) is 24.0 Å². The van der Waals surface area contributed by atoms with Crippen molar-refractivity contribution >= 4 is 27.8 Å². The van der Waals surface area contributed by atoms with Gasteiger partial charge in [-0.25, -0.2) is 0 Å². The van der Waals surface area contributed by atoms with E-state index in [1.807, 2.05) is 17.0 Å². The minimum Gasteiger partial charge on any atom is -0.395 e. The van der Waals surface area contributed by atoms with Gasteiger partial charge >= 0.3 is 0 Å². The summed E-state index contributed by atoms with van der Waals surface area (Å²) in [6.45, 7) is 2.76. The van der Waals surface area contributed by atoms with E-state index >= 15 is 0 Å². The number of hydrogen-bond acceptors (Lipinski definition) is 3. The molecule has 2 N–H and O–H groups in total. The van der Waals surface area contributed by atoms with Crippen molar-refractivity contribution in [3.8, 4) is 0 Å². The zero-order valence-electron chi connectivity index (χ0n) is 7.81. The average molecular weight is 255 g/mol. The van der Waals surface area contributed by atoms with Crippen LogP contribution in [0.3, 0.4) is 0 Å². The fourth-order valence-corrected chi connectivity index (χ4v) is 1.65. The highest BCUT2D eigenvalue weighted by Crippen LogP contribution is 2.24. The van der Waals surface area contributed by atoms with Gasteiger partial charge in [-0.05, 0) is 28.9 Å². The van der Waals surface area contributed by atoms with E-state index in [4.69, 9.17) is 5.73 Å². The van der Waals surface area contributed by atoms with Gasteiger partial charge in [0.2, 0.25) is 0 Å². The van der Waals surface area contributed by atoms with Crippen LogP contribution in [0.1, 0.15) is 6.92 Å². The largest absolute Gasteiger partial charge is 0.395 e. The number of anilines is 1. The SMILES string of the molecule is CC1(n2cc(N)c(Br)n2)C=CC=NC1. The molecule has 14 heavy (non-hydrogen) atoms. The van der Waals surface area contributed by atoms with Crippen molar-refractivity contribution in [1.29, 1.82) is 0 Å². The van der Waals surface area contributed by atoms with E-state index in [2.05, 4.69) is 39.0 Å². The van der Waals surface area contributed by atoms with E-state index in [9.17, 15) is 0 Å². The van der Waals surface area contributed by atoms with Crippen molar-refractivity contribution in [2.24, 2.45) is 4.99 Å². The van der Waals surface area contributed by atoms with Gasteiger partial charge in [-0.2, -0.15) is 5.10 Å². The molecule has 74 valence electrons. The number of dihydropyridines is 1. The van der Waals surface area contributed by atoms with Gasteiger partial charge in [-0.3, -0.25) is 9.67 Å². The Morgan fingerprint density at radius 3 is 2.93 bits per heavy atom. The van der Waals surface area contributed by atoms with Crippen molar-refractivity contribution in [2.45, 2.75) is 12.5 Å². The lowest BCUT2D eigenvalue weighted by atomic mass is 10.0. The molecule has 4 nitrogen and oxygen atoms in total. The average Bonchev–Trinajstić information content (AvgIpc) is 2.49. The maximum atomic E-state index is 5.71. The molecule has 1 atom stereocenters. The number of nitrogens with two attached hydrogens (primary N) is 1. The highest BCUT2D eigenvalue weighted by molar-refractivity contribution is 9.10. The van der Waals surface area contributed by atoms with Crippen molar-refractivity contribution in [3.05, 3.63) is 23.0 Å². The molecule has 1 aromatic rings. The van der Waals surface area contributed by atoms with Crippen LogP contribution in [0.4, 0.5) is 5.69 Å². The van der Waals surface area contributed by atoms with Gasteiger partial charge in [0.25, 0.3) is 0 Å². The monoisotopic (exact) mass is 254 g/mol. The van der Waals surface area contributed by atoms with Gasteiger partial charge in [0, 0.05) is 6.21 Å². The van der Waals surface area contributed by atoms with Crippen molar-refractivity contribution in [3.63, 3.8) is 0 Å². The van der Waals surface area contributed by atoms with Crippen LogP contribution >= 0.6 is 15.9 Å². The lowest BCUT2D eigenvalue weighted by Crippen LogP contribution is -2.33. The third-order valence-corrected chi connectivity index (χ3v) is 2.89. The molecule has 1 aromatic heterocycles. The third kappa shape index (κ3) is 1.48. The molecule has 1 aliphatic heterocycles. The summed E-state index contributed by atoms with van der Waals surface area (Å²) in [5.41, 5.74) is 6.16. The van der Waals surface area contributed by atoms with E-state index in [0.29, 0.717) is 16.8 Å². The van der Waals surface area contributed by atoms with Crippen LogP contribution < -0.4 is 5.73 Å². The van der Waals surface area contributed by atoms with Crippen molar-refractivity contribution < 1.29 is 0 Å². The lowest BCUT2D eigenvalue weighted by Gasteiger charge is -2.26. The van der Waals surface area contributed by atoms with Gasteiger partial charge in [0.1, 0.15) is 0 Å². The number of aromatic nitrogens is 2. The zero-order chi connectivity index (χ0) is 10.2. The zero-order valence-corrected chi connectivity index (χ0v) is 9.40. The van der Waals surface area contributed by atoms with Gasteiger partial charge in [-0.15, -0.1) is 0 Å². The molecule has 2 rings (SSSR count). The summed E-state index contributed by atoms with van der Waals surface area (Å²) >= 11 is 3.29. The Labute approximate surface area is 90.6 Å². The number of rotatable bonds is 1. The van der Waals surface area contributed by atoms with Crippen LogP contribution in [0.5, 0.6) is 0 Å². The predicted molar refractivity (Wildman–Crippen MR) is 60.5 cm³/mol. The molecule has 5 heteroatoms. The molecule has 0 spiro atoms. The number of aliphatic imine (C=N–C) groups is 1. The minimum atomic E-state index is -0.200. The Morgan fingerprint density at radius 2 is 2.43 bits per heavy atom. The lowest BCUT2D eigenvalue weighted by molar-refractivity contribution is 0.376. The first-order valence-corrected chi connectivity index (χ1v) is 5.10. The van der Waals surface area contributed by atoms with E-state index in [0.717, 1.165) is 0 Å². The second kappa shape index (κ2) is 3.24. The molecule has 2 heterocycles. The molecule has 0 bridgehead atoms. The highest BCUT2D eigenvalue weighted by Gasteiger charge is 2.25. The Balaban J connectivity index is 2.39. The first kappa shape index (κ1) is 9.45. The Morgan fingerprint density at radius 1 is 1.64 bits per heavy atom. The van der Waals surface area contributed by atoms with E-state index in [-0.39, 0.29) is 5.54 Å². The van der Waals surface area contributed by atoms with E-state index < -0.39 is 0 Å². The molecule has 0 aliphatic carbocycles. The number of halogens is 1. The second-order valence-corrected chi connectivity index (χ2v) is 4.28. The summed E-state index contributed by atoms with van der Waals surface area (Å²) < 4.78 is 2.51. The summed E-state index contributed by atoms with van der Waals surface area (Å²) in [6, 6.07) is 0. The smallest absolute Gasteiger partial charge is 0.151 e. The second-order valence-electron chi connectivity index (χ2n) is 3.53. The molecule has 0 saturated carbocycles. The van der Waals surface area contributed by atoms with E-state index in [1.54, 1.807) is 6.21 Å². The topological polar surface area (TPSA) is 56.2 Å². The number of nitrogens with zero attached hydrogens (tertiary/aromatic N) is 3. The first-order valence-electron chi connectivity index (χ1n) is 4.31. The van der Waals surface area contributed by atoms with Crippen molar-refractivity contribution in [1.82, 2.24) is 9.78 Å². The molecule has 0 fully saturated rings. The summed E-state index contributed by atoms with van der Waals surface area (Å²) in [6.07, 6.45) is 7.60. The molecule has 0 amide bonds. The third-order valence-electron chi connectivity index (χ3n) is 2.28. The summed E-state index contributed by atoms with van der Waals surface area (Å²) in [4.78, 5) is 4.22. The van der Waals surface area contributed by atoms with Crippen molar-refractivity contribution in [2.75, 3.05) is 12.3 Å². The predicted octanol–water partition coefficient (Wildman–Crippen LogP) is 1.58. The highest BCUT2D eigenvalue weighted by atomic mass is 79.9. The molecular formula is C9H11BrN4.